The molecule has 3 nitrogen and oxygen atoms in total. The number of aliphatic hydroxyl groups is 1. The maximum atomic E-state index is 11.6. The van der Waals surface area contributed by atoms with E-state index in [9.17, 15) is 9.90 Å². The van der Waals surface area contributed by atoms with Gasteiger partial charge in [0.1, 0.15) is 0 Å². The van der Waals surface area contributed by atoms with Crippen LogP contribution in [0.2, 0.25) is 0 Å². The minimum absolute atomic E-state index is 0.0526. The summed E-state index contributed by atoms with van der Waals surface area (Å²) in [4.78, 5) is 12.6. The van der Waals surface area contributed by atoms with Gasteiger partial charge in [0.2, 0.25) is 5.91 Å². The van der Waals surface area contributed by atoms with E-state index in [1.807, 2.05) is 38.1 Å². The summed E-state index contributed by atoms with van der Waals surface area (Å²) in [5.41, 5.74) is 0.877. The van der Waals surface area contributed by atoms with Gasteiger partial charge in [0.25, 0.3) is 0 Å². The maximum Gasteiger partial charge on any atom is 0.230 e. The Morgan fingerprint density at radius 3 is 2.78 bits per heavy atom. The molecule has 1 aromatic carbocycles. The van der Waals surface area contributed by atoms with Crippen molar-refractivity contribution in [3.05, 3.63) is 29.8 Å². The zero-order chi connectivity index (χ0) is 13.5. The molecular weight excluding hydrogens is 246 g/mol. The summed E-state index contributed by atoms with van der Waals surface area (Å²) in [7, 11) is 0. The maximum absolute atomic E-state index is 11.6. The third-order valence-electron chi connectivity index (χ3n) is 2.73. The molecule has 0 heterocycles. The number of hydrogen-bond donors (Lipinski definition) is 2. The molecule has 100 valence electrons. The number of carbonyl (C=O) groups is 1. The standard InChI is InChI=1S/C14H21NO2S/c1-4-10(2)15-14(17)9-18-13-7-5-6-12(8-13)11(3)16/h5-8,10-11,16H,4,9H2,1-3H3,(H,15,17). The van der Waals surface area contributed by atoms with Crippen molar-refractivity contribution in [3.8, 4) is 0 Å². The van der Waals surface area contributed by atoms with E-state index in [0.717, 1.165) is 16.9 Å². The number of hydrogen-bond acceptors (Lipinski definition) is 3. The van der Waals surface area contributed by atoms with E-state index < -0.39 is 6.10 Å². The van der Waals surface area contributed by atoms with E-state index in [0.29, 0.717) is 5.75 Å². The molecule has 1 rings (SSSR count). The van der Waals surface area contributed by atoms with Crippen LogP contribution in [-0.4, -0.2) is 22.8 Å². The second-order valence-electron chi connectivity index (χ2n) is 4.41. The van der Waals surface area contributed by atoms with Gasteiger partial charge in [-0.1, -0.05) is 19.1 Å². The van der Waals surface area contributed by atoms with Gasteiger partial charge in [0.15, 0.2) is 0 Å². The lowest BCUT2D eigenvalue weighted by Crippen LogP contribution is -2.33. The normalized spacial score (nSPS) is 14.0. The summed E-state index contributed by atoms with van der Waals surface area (Å²) in [5, 5.41) is 12.4. The first-order valence-electron chi connectivity index (χ1n) is 6.23. The van der Waals surface area contributed by atoms with Gasteiger partial charge in [0.05, 0.1) is 11.9 Å². The van der Waals surface area contributed by atoms with E-state index in [1.165, 1.54) is 11.8 Å². The molecule has 0 radical (unpaired) electrons. The van der Waals surface area contributed by atoms with Gasteiger partial charge in [-0.15, -0.1) is 11.8 Å². The molecule has 0 aliphatic rings. The topological polar surface area (TPSA) is 49.3 Å². The second kappa shape index (κ2) is 7.44. The lowest BCUT2D eigenvalue weighted by atomic mass is 10.1. The van der Waals surface area contributed by atoms with Crippen molar-refractivity contribution in [2.24, 2.45) is 0 Å². The van der Waals surface area contributed by atoms with E-state index in [-0.39, 0.29) is 11.9 Å². The van der Waals surface area contributed by atoms with Crippen LogP contribution in [0.1, 0.15) is 38.9 Å². The minimum Gasteiger partial charge on any atom is -0.389 e. The van der Waals surface area contributed by atoms with Crippen LogP contribution in [0.25, 0.3) is 0 Å². The Morgan fingerprint density at radius 2 is 2.17 bits per heavy atom. The molecule has 0 saturated heterocycles. The van der Waals surface area contributed by atoms with Gasteiger partial charge in [-0.2, -0.15) is 0 Å². The predicted octanol–water partition coefficient (Wildman–Crippen LogP) is 2.75. The highest BCUT2D eigenvalue weighted by Crippen LogP contribution is 2.22. The molecule has 0 aliphatic heterocycles. The molecule has 2 N–H and O–H groups in total. The van der Waals surface area contributed by atoms with Gasteiger partial charge in [0, 0.05) is 10.9 Å². The SMILES string of the molecule is CCC(C)NC(=O)CSc1cccc(C(C)O)c1. The highest BCUT2D eigenvalue weighted by molar-refractivity contribution is 8.00. The molecule has 18 heavy (non-hydrogen) atoms. The van der Waals surface area contributed by atoms with Crippen molar-refractivity contribution in [2.45, 2.75) is 44.2 Å². The van der Waals surface area contributed by atoms with Crippen LogP contribution < -0.4 is 5.32 Å². The molecule has 0 fully saturated rings. The summed E-state index contributed by atoms with van der Waals surface area (Å²) in [6.07, 6.45) is 0.466. The molecule has 2 atom stereocenters. The first-order valence-corrected chi connectivity index (χ1v) is 7.21. The van der Waals surface area contributed by atoms with Crippen LogP contribution in [0.4, 0.5) is 0 Å². The molecule has 0 spiro atoms. The summed E-state index contributed by atoms with van der Waals surface area (Å²) in [6, 6.07) is 7.88. The first kappa shape index (κ1) is 15.1. The van der Waals surface area contributed by atoms with Crippen molar-refractivity contribution in [3.63, 3.8) is 0 Å². The molecule has 2 unspecified atom stereocenters. The zero-order valence-electron chi connectivity index (χ0n) is 11.1. The summed E-state index contributed by atoms with van der Waals surface area (Å²) < 4.78 is 0. The average Bonchev–Trinajstić information content (AvgIpc) is 2.36. The Labute approximate surface area is 113 Å². The molecule has 0 saturated carbocycles. The third kappa shape index (κ3) is 5.10. The number of aliphatic hydroxyl groups excluding tert-OH is 1. The fraction of sp³-hybridized carbons (Fsp3) is 0.500. The number of amides is 1. The lowest BCUT2D eigenvalue weighted by Gasteiger charge is -2.11. The highest BCUT2D eigenvalue weighted by atomic mass is 32.2. The summed E-state index contributed by atoms with van der Waals surface area (Å²) in [5.74, 6) is 0.463. The second-order valence-corrected chi connectivity index (χ2v) is 5.46. The number of thioether (sulfide) groups is 1. The smallest absolute Gasteiger partial charge is 0.230 e. The molecule has 4 heteroatoms. The third-order valence-corrected chi connectivity index (χ3v) is 3.72. The molecular formula is C14H21NO2S. The van der Waals surface area contributed by atoms with E-state index in [1.54, 1.807) is 6.92 Å². The van der Waals surface area contributed by atoms with Crippen LogP contribution in [0.5, 0.6) is 0 Å². The van der Waals surface area contributed by atoms with E-state index >= 15 is 0 Å². The molecule has 1 aromatic rings. The Bertz CT molecular complexity index is 393. The quantitative estimate of drug-likeness (QED) is 0.779. The molecule has 0 aromatic heterocycles. The number of carbonyl (C=O) groups excluding carboxylic acids is 1. The van der Waals surface area contributed by atoms with Crippen LogP contribution in [0.15, 0.2) is 29.2 Å². The van der Waals surface area contributed by atoms with Crippen LogP contribution >= 0.6 is 11.8 Å². The Kier molecular flexibility index (Phi) is 6.22. The highest BCUT2D eigenvalue weighted by Gasteiger charge is 2.07. The molecule has 0 aliphatic carbocycles. The molecule has 0 bridgehead atoms. The minimum atomic E-state index is -0.473. The van der Waals surface area contributed by atoms with Crippen molar-refractivity contribution in [2.75, 3.05) is 5.75 Å². The van der Waals surface area contributed by atoms with Gasteiger partial charge in [-0.05, 0) is 38.0 Å². The Balaban J connectivity index is 2.48. The van der Waals surface area contributed by atoms with Crippen molar-refractivity contribution < 1.29 is 9.90 Å². The van der Waals surface area contributed by atoms with Crippen LogP contribution in [0, 0.1) is 0 Å². The van der Waals surface area contributed by atoms with Gasteiger partial charge in [-0.25, -0.2) is 0 Å². The summed E-state index contributed by atoms with van der Waals surface area (Å²) in [6.45, 7) is 5.78. The van der Waals surface area contributed by atoms with Crippen LogP contribution in [0.3, 0.4) is 0 Å². The zero-order valence-corrected chi connectivity index (χ0v) is 12.0. The predicted molar refractivity (Wildman–Crippen MR) is 75.7 cm³/mol. The Hall–Kier alpha value is -1.00. The fourth-order valence-corrected chi connectivity index (χ4v) is 2.21. The first-order chi connectivity index (χ1) is 8.52. The molecule has 1 amide bonds. The van der Waals surface area contributed by atoms with E-state index in [4.69, 9.17) is 0 Å². The number of benzene rings is 1. The fourth-order valence-electron chi connectivity index (χ4n) is 1.43. The van der Waals surface area contributed by atoms with Crippen molar-refractivity contribution in [1.82, 2.24) is 5.32 Å². The van der Waals surface area contributed by atoms with Gasteiger partial charge in [-0.3, -0.25) is 4.79 Å². The average molecular weight is 267 g/mol. The van der Waals surface area contributed by atoms with Crippen LogP contribution in [-0.2, 0) is 4.79 Å². The summed E-state index contributed by atoms with van der Waals surface area (Å²) >= 11 is 1.49. The van der Waals surface area contributed by atoms with Crippen molar-refractivity contribution >= 4 is 17.7 Å². The lowest BCUT2D eigenvalue weighted by molar-refractivity contribution is -0.119. The Morgan fingerprint density at radius 1 is 1.44 bits per heavy atom. The monoisotopic (exact) mass is 267 g/mol. The van der Waals surface area contributed by atoms with Crippen molar-refractivity contribution in [1.29, 1.82) is 0 Å². The number of nitrogens with one attached hydrogen (secondary N) is 1. The van der Waals surface area contributed by atoms with Gasteiger partial charge < -0.3 is 10.4 Å². The largest absolute Gasteiger partial charge is 0.389 e. The van der Waals surface area contributed by atoms with E-state index in [2.05, 4.69) is 5.32 Å². The number of rotatable bonds is 6. The van der Waals surface area contributed by atoms with Gasteiger partial charge >= 0.3 is 0 Å².